The number of nitrogens with one attached hydrogen (secondary N) is 1. The lowest BCUT2D eigenvalue weighted by Crippen LogP contribution is -2.12. The number of benzene rings is 2. The molecule has 6 nitrogen and oxygen atoms in total. The number of halogens is 2. The maximum Gasteiger partial charge on any atom is 0.291 e. The second-order valence-electron chi connectivity index (χ2n) is 7.75. The van der Waals surface area contributed by atoms with E-state index in [0.29, 0.717) is 33.8 Å². The second-order valence-corrected chi connectivity index (χ2v) is 8.53. The monoisotopic (exact) mass is 483 g/mol. The van der Waals surface area contributed by atoms with Crippen molar-refractivity contribution in [1.82, 2.24) is 9.78 Å². The molecule has 2 aromatic heterocycles. The first-order valence-corrected chi connectivity index (χ1v) is 11.1. The van der Waals surface area contributed by atoms with Crippen LogP contribution in [0.4, 0.5) is 5.69 Å². The summed E-state index contributed by atoms with van der Waals surface area (Å²) in [5.41, 5.74) is 4.62. The van der Waals surface area contributed by atoms with E-state index >= 15 is 0 Å². The zero-order valence-corrected chi connectivity index (χ0v) is 20.0. The van der Waals surface area contributed by atoms with Gasteiger partial charge in [-0.05, 0) is 50.6 Å². The van der Waals surface area contributed by atoms with E-state index in [2.05, 4.69) is 41.6 Å². The van der Waals surface area contributed by atoms with Crippen molar-refractivity contribution in [2.45, 2.75) is 33.9 Å². The number of aryl methyl sites for hydroxylation is 2. The smallest absolute Gasteiger partial charge is 0.291 e. The molecule has 0 fully saturated rings. The van der Waals surface area contributed by atoms with Crippen LogP contribution in [0.5, 0.6) is 5.75 Å². The Bertz CT molecular complexity index is 1290. The lowest BCUT2D eigenvalue weighted by atomic mass is 10.1. The van der Waals surface area contributed by atoms with E-state index in [0.717, 1.165) is 17.0 Å². The number of rotatable bonds is 7. The molecule has 1 N–H and O–H groups in total. The molecule has 0 aliphatic carbocycles. The molecule has 0 aliphatic rings. The van der Waals surface area contributed by atoms with Crippen molar-refractivity contribution in [3.05, 3.63) is 98.7 Å². The van der Waals surface area contributed by atoms with Crippen LogP contribution in [-0.4, -0.2) is 15.7 Å². The summed E-state index contributed by atoms with van der Waals surface area (Å²) in [4.78, 5) is 12.8. The fourth-order valence-electron chi connectivity index (χ4n) is 3.40. The van der Waals surface area contributed by atoms with Gasteiger partial charge < -0.3 is 14.5 Å². The topological polar surface area (TPSA) is 69.3 Å². The molecule has 0 radical (unpaired) electrons. The van der Waals surface area contributed by atoms with E-state index in [-0.39, 0.29) is 18.3 Å². The predicted molar refractivity (Wildman–Crippen MR) is 129 cm³/mol. The normalized spacial score (nSPS) is 10.9. The lowest BCUT2D eigenvalue weighted by molar-refractivity contribution is 0.0992. The molecule has 4 rings (SSSR count). The van der Waals surface area contributed by atoms with E-state index in [1.165, 1.54) is 5.56 Å². The number of carbonyl (C=O) groups is 1. The van der Waals surface area contributed by atoms with Gasteiger partial charge in [-0.15, -0.1) is 0 Å². The van der Waals surface area contributed by atoms with Gasteiger partial charge in [-0.1, -0.05) is 59.1 Å². The number of aromatic nitrogens is 2. The van der Waals surface area contributed by atoms with Crippen molar-refractivity contribution in [2.24, 2.45) is 0 Å². The second kappa shape index (κ2) is 9.73. The molecular weight excluding hydrogens is 461 g/mol. The summed E-state index contributed by atoms with van der Waals surface area (Å²) < 4.78 is 13.2. The third-order valence-corrected chi connectivity index (χ3v) is 6.05. The van der Waals surface area contributed by atoms with E-state index in [1.807, 2.05) is 18.5 Å². The maximum absolute atomic E-state index is 12.8. The van der Waals surface area contributed by atoms with Gasteiger partial charge in [0.1, 0.15) is 23.1 Å². The first-order chi connectivity index (χ1) is 15.8. The highest BCUT2D eigenvalue weighted by atomic mass is 35.5. The summed E-state index contributed by atoms with van der Waals surface area (Å²) in [5.74, 6) is 0.748. The van der Waals surface area contributed by atoms with Crippen molar-refractivity contribution in [1.29, 1.82) is 0 Å². The number of hydrogen-bond acceptors (Lipinski definition) is 4. The van der Waals surface area contributed by atoms with E-state index < -0.39 is 0 Å². The first kappa shape index (κ1) is 23.0. The van der Waals surface area contributed by atoms with Crippen LogP contribution in [0.2, 0.25) is 10.0 Å². The van der Waals surface area contributed by atoms with Crippen LogP contribution < -0.4 is 10.1 Å². The van der Waals surface area contributed by atoms with Crippen LogP contribution in [0.15, 0.2) is 59.0 Å². The molecule has 1 amide bonds. The number of anilines is 1. The molecule has 0 bridgehead atoms. The van der Waals surface area contributed by atoms with Gasteiger partial charge in [0.15, 0.2) is 5.76 Å². The van der Waals surface area contributed by atoms with Gasteiger partial charge in [-0.25, -0.2) is 0 Å². The maximum atomic E-state index is 12.8. The third kappa shape index (κ3) is 5.24. The van der Waals surface area contributed by atoms with Gasteiger partial charge in [0.2, 0.25) is 0 Å². The average Bonchev–Trinajstić information content (AvgIpc) is 3.37. The van der Waals surface area contributed by atoms with Gasteiger partial charge in [0.25, 0.3) is 5.91 Å². The highest BCUT2D eigenvalue weighted by molar-refractivity contribution is 6.42. The number of hydrogen-bond donors (Lipinski definition) is 1. The Kier molecular flexibility index (Phi) is 6.77. The summed E-state index contributed by atoms with van der Waals surface area (Å²) in [6, 6.07) is 16.7. The van der Waals surface area contributed by atoms with Gasteiger partial charge in [0.05, 0.1) is 28.6 Å². The molecule has 2 heterocycles. The average molecular weight is 484 g/mol. The fraction of sp³-hybridized carbons (Fsp3) is 0.200. The predicted octanol–water partition coefficient (Wildman–Crippen LogP) is 6.59. The SMILES string of the molecule is Cc1ccc(Cn2nc(C)c(NC(=O)c3ccc(COc4cccc(Cl)c4Cl)o3)c2C)cc1. The molecule has 8 heteroatoms. The molecule has 0 aliphatic heterocycles. The van der Waals surface area contributed by atoms with Crippen LogP contribution in [0, 0.1) is 20.8 Å². The standard InChI is InChI=1S/C25H23Cl2N3O3/c1-15-7-9-18(10-8-15)13-30-17(3)24(16(2)29-30)28-25(31)22-12-11-19(33-22)14-32-21-6-4-5-20(26)23(21)27/h4-12H,13-14H2,1-3H3,(H,28,31). The summed E-state index contributed by atoms with van der Waals surface area (Å²) in [7, 11) is 0. The van der Waals surface area contributed by atoms with Crippen LogP contribution in [0.3, 0.4) is 0 Å². The summed E-state index contributed by atoms with van der Waals surface area (Å²) in [5, 5.41) is 8.24. The Hall–Kier alpha value is -3.22. The van der Waals surface area contributed by atoms with Gasteiger partial charge in [0, 0.05) is 0 Å². The molecule has 0 unspecified atom stereocenters. The zero-order valence-electron chi connectivity index (χ0n) is 18.5. The minimum atomic E-state index is -0.358. The molecule has 0 spiro atoms. The zero-order chi connectivity index (χ0) is 23.5. The Morgan fingerprint density at radius 1 is 1.06 bits per heavy atom. The van der Waals surface area contributed by atoms with Gasteiger partial charge >= 0.3 is 0 Å². The Morgan fingerprint density at radius 2 is 1.82 bits per heavy atom. The van der Waals surface area contributed by atoms with E-state index in [9.17, 15) is 4.79 Å². The number of amides is 1. The minimum absolute atomic E-state index is 0.111. The van der Waals surface area contributed by atoms with Crippen molar-refractivity contribution in [3.8, 4) is 5.75 Å². The van der Waals surface area contributed by atoms with Crippen molar-refractivity contribution in [3.63, 3.8) is 0 Å². The molecule has 4 aromatic rings. The lowest BCUT2D eigenvalue weighted by Gasteiger charge is -2.08. The van der Waals surface area contributed by atoms with Crippen molar-refractivity contribution >= 4 is 34.8 Å². The quantitative estimate of drug-likeness (QED) is 0.321. The largest absolute Gasteiger partial charge is 0.484 e. The molecule has 33 heavy (non-hydrogen) atoms. The highest BCUT2D eigenvalue weighted by Crippen LogP contribution is 2.32. The number of carbonyl (C=O) groups excluding carboxylic acids is 1. The van der Waals surface area contributed by atoms with Crippen LogP contribution in [0.25, 0.3) is 0 Å². The molecular formula is C25H23Cl2N3O3. The third-order valence-electron chi connectivity index (χ3n) is 5.24. The van der Waals surface area contributed by atoms with Crippen LogP contribution >= 0.6 is 23.2 Å². The van der Waals surface area contributed by atoms with E-state index in [1.54, 1.807) is 30.3 Å². The summed E-state index contributed by atoms with van der Waals surface area (Å²) in [6.45, 7) is 6.58. The van der Waals surface area contributed by atoms with Crippen LogP contribution in [0.1, 0.15) is 38.8 Å². The summed E-state index contributed by atoms with van der Waals surface area (Å²) >= 11 is 12.1. The van der Waals surface area contributed by atoms with Gasteiger partial charge in [-0.2, -0.15) is 5.10 Å². The van der Waals surface area contributed by atoms with Crippen LogP contribution in [-0.2, 0) is 13.2 Å². The van der Waals surface area contributed by atoms with Crippen molar-refractivity contribution < 1.29 is 13.9 Å². The first-order valence-electron chi connectivity index (χ1n) is 10.4. The van der Waals surface area contributed by atoms with Crippen molar-refractivity contribution in [2.75, 3.05) is 5.32 Å². The summed E-state index contributed by atoms with van der Waals surface area (Å²) in [6.07, 6.45) is 0. The number of nitrogens with zero attached hydrogens (tertiary/aromatic N) is 2. The molecule has 0 atom stereocenters. The Balaban J connectivity index is 1.42. The molecule has 170 valence electrons. The molecule has 0 saturated heterocycles. The molecule has 0 saturated carbocycles. The van der Waals surface area contributed by atoms with E-state index in [4.69, 9.17) is 32.4 Å². The minimum Gasteiger partial charge on any atom is -0.484 e. The fourth-order valence-corrected chi connectivity index (χ4v) is 3.74. The Labute approximate surface area is 202 Å². The highest BCUT2D eigenvalue weighted by Gasteiger charge is 2.18. The number of furan rings is 1. The molecule has 2 aromatic carbocycles. The number of ether oxygens (including phenoxy) is 1. The Morgan fingerprint density at radius 3 is 2.58 bits per heavy atom. The van der Waals surface area contributed by atoms with Gasteiger partial charge in [-0.3, -0.25) is 9.48 Å².